The van der Waals surface area contributed by atoms with Crippen LogP contribution in [0, 0.1) is 46.3 Å². The van der Waals surface area contributed by atoms with E-state index in [0.29, 0.717) is 31.1 Å². The summed E-state index contributed by atoms with van der Waals surface area (Å²) in [5.41, 5.74) is -0.852. The van der Waals surface area contributed by atoms with Crippen LogP contribution < -0.4 is 69.5 Å². The van der Waals surface area contributed by atoms with E-state index in [4.69, 9.17) is 6.85 Å². The van der Waals surface area contributed by atoms with Crippen molar-refractivity contribution in [3.05, 3.63) is 0 Å². The number of carbonyl (C=O) groups is 2. The third-order valence-electron chi connectivity index (χ3n) is 10.0. The van der Waals surface area contributed by atoms with Gasteiger partial charge < -0.3 is 19.8 Å². The molecule has 37 heavy (non-hydrogen) atoms. The predicted molar refractivity (Wildman–Crippen MR) is 126 cm³/mol. The summed E-state index contributed by atoms with van der Waals surface area (Å²) in [5.74, 6) is -1.36. The van der Waals surface area contributed by atoms with Crippen molar-refractivity contribution >= 4 is 22.3 Å². The van der Waals surface area contributed by atoms with Gasteiger partial charge in [0.15, 0.2) is 0 Å². The number of amides is 1. The molecule has 4 rings (SSSR count). The average Bonchev–Trinajstić information content (AvgIpc) is 3.16. The molecule has 0 heterocycles. The van der Waals surface area contributed by atoms with Crippen LogP contribution in [0.1, 0.15) is 98.2 Å². The summed E-state index contributed by atoms with van der Waals surface area (Å²) in [6, 6.07) is 0. The Balaban J connectivity index is 0.00000308. The molecule has 0 bridgehead atoms. The second kappa shape index (κ2) is 13.2. The van der Waals surface area contributed by atoms with Gasteiger partial charge in [-0.2, -0.15) is 0 Å². The van der Waals surface area contributed by atoms with E-state index in [2.05, 4.69) is 23.3 Å². The maximum Gasteiger partial charge on any atom is 1.00 e. The third kappa shape index (κ3) is 7.37. The van der Waals surface area contributed by atoms with E-state index in [-0.39, 0.29) is 101 Å². The van der Waals surface area contributed by atoms with Crippen molar-refractivity contribution in [2.24, 2.45) is 46.3 Å². The van der Waals surface area contributed by atoms with E-state index in [0.717, 1.165) is 25.7 Å². The zero-order valence-electron chi connectivity index (χ0n) is 27.8. The van der Waals surface area contributed by atoms with Gasteiger partial charge in [-0.15, -0.1) is 0 Å². The van der Waals surface area contributed by atoms with Crippen LogP contribution in [0.2, 0.25) is 0 Å². The van der Waals surface area contributed by atoms with Gasteiger partial charge in [-0.05, 0) is 110 Å². The van der Waals surface area contributed by atoms with Crippen LogP contribution in [-0.2, 0) is 24.2 Å². The molecule has 0 aliphatic heterocycles. The fraction of sp³-hybridized carbons (Fsp3) is 0.923. The van der Waals surface area contributed by atoms with Crippen LogP contribution in [0.3, 0.4) is 0 Å². The summed E-state index contributed by atoms with van der Waals surface area (Å²) in [5, 5.41) is 13.0. The van der Waals surface area contributed by atoms with Crippen LogP contribution >= 0.6 is 0 Å². The number of aliphatic carboxylic acids is 1. The number of rotatable bonds is 8. The molecule has 0 spiro atoms. The second-order valence-corrected chi connectivity index (χ2v) is 12.7. The van der Waals surface area contributed by atoms with Gasteiger partial charge in [0.25, 0.3) is 0 Å². The summed E-state index contributed by atoms with van der Waals surface area (Å²) in [7, 11) is -5.53. The summed E-state index contributed by atoms with van der Waals surface area (Å²) in [4.78, 5) is 22.7. The first-order valence-electron chi connectivity index (χ1n) is 15.3. The molecule has 0 saturated heterocycles. The standard InChI is InChI=1S/C26H43NO7S.2Na/c1-16(4-9-23(28)27-15-24(29)30)20-7-8-21-19-6-5-17-14-18(34-35(31,32)33)10-12-25(17,2)22(19)11-13-26(20,21)3;;/h16-22H,4-15H2,1-3H3,(H,27,28)(H,29,30)(H,31,32,33);;/q;2*+1/p-2/t16-,17-,18-,19+,20-,21+,22+,25+,26-;;/m1../s1/i10D2,14D2,18D;;. The number of carbonyl (C=O) groups excluding carboxylic acids is 2. The predicted octanol–water partition coefficient (Wildman–Crippen LogP) is -3.22. The first kappa shape index (κ1) is 26.7. The topological polar surface area (TPSA) is 136 Å². The maximum atomic E-state index is 12.1. The van der Waals surface area contributed by atoms with Crippen molar-refractivity contribution < 1.29 is 97.8 Å². The van der Waals surface area contributed by atoms with Gasteiger partial charge in [0, 0.05) is 11.9 Å². The van der Waals surface area contributed by atoms with E-state index < -0.39 is 53.1 Å². The van der Waals surface area contributed by atoms with Crippen molar-refractivity contribution in [3.8, 4) is 0 Å². The Morgan fingerprint density at radius 2 is 1.78 bits per heavy atom. The Morgan fingerprint density at radius 1 is 1.11 bits per heavy atom. The van der Waals surface area contributed by atoms with Crippen LogP contribution in [0.5, 0.6) is 0 Å². The zero-order valence-corrected chi connectivity index (χ0v) is 27.6. The Labute approximate surface area is 273 Å². The number of carboxylic acids is 1. The average molecular weight is 563 g/mol. The zero-order chi connectivity index (χ0) is 30.1. The number of hydrogen-bond donors (Lipinski definition) is 1. The molecule has 8 nitrogen and oxygen atoms in total. The SMILES string of the molecule is [2H]C1([2H])C[C@@]2(C)[C@H](CC[C@@H]3[C@@H]2CC[C@]2(C)[C@@H]([C@H](C)CCC(=O)NCC(=O)[O-])CC[C@@H]32)C([2H])([2H])[C@]1([2H])OS(=O)(=O)[O-].[Na+].[Na+]. The van der Waals surface area contributed by atoms with Crippen LogP contribution in [-0.4, -0.2) is 37.5 Å². The Bertz CT molecular complexity index is 1150. The largest absolute Gasteiger partial charge is 1.00 e. The minimum atomic E-state index is -5.53. The van der Waals surface area contributed by atoms with E-state index in [1.54, 1.807) is 0 Å². The van der Waals surface area contributed by atoms with E-state index in [1.165, 1.54) is 0 Å². The number of hydrogen-bond acceptors (Lipinski definition) is 7. The van der Waals surface area contributed by atoms with Crippen LogP contribution in [0.4, 0.5) is 0 Å². The molecule has 4 aliphatic carbocycles. The number of nitrogens with one attached hydrogen (secondary N) is 1. The Morgan fingerprint density at radius 3 is 2.43 bits per heavy atom. The minimum absolute atomic E-state index is 0. The first-order valence-corrected chi connectivity index (χ1v) is 14.2. The van der Waals surface area contributed by atoms with Gasteiger partial charge in [-0.3, -0.25) is 8.98 Å². The number of carboxylic acid groups (broad SMARTS) is 1. The van der Waals surface area contributed by atoms with Crippen molar-refractivity contribution in [2.45, 2.75) is 97.4 Å². The van der Waals surface area contributed by atoms with Crippen molar-refractivity contribution in [2.75, 3.05) is 6.54 Å². The minimum Gasteiger partial charge on any atom is -0.726 e. The van der Waals surface area contributed by atoms with E-state index in [1.807, 2.05) is 6.92 Å². The molecular weight excluding hydrogens is 516 g/mol. The molecule has 0 aromatic heterocycles. The quantitative estimate of drug-likeness (QED) is 0.187. The second-order valence-electron chi connectivity index (χ2n) is 11.7. The Hall–Kier alpha value is 0.810. The molecule has 0 unspecified atom stereocenters. The van der Waals surface area contributed by atoms with E-state index in [9.17, 15) is 27.7 Å². The fourth-order valence-electron chi connectivity index (χ4n) is 8.38. The third-order valence-corrected chi connectivity index (χ3v) is 10.4. The molecule has 1 amide bonds. The van der Waals surface area contributed by atoms with Gasteiger partial charge >= 0.3 is 59.1 Å². The van der Waals surface area contributed by atoms with Gasteiger partial charge in [0.1, 0.15) is 0 Å². The molecule has 4 saturated carbocycles. The number of fused-ring (bicyclic) bond motifs is 5. The molecule has 4 aliphatic rings. The van der Waals surface area contributed by atoms with Crippen LogP contribution in [0.25, 0.3) is 0 Å². The van der Waals surface area contributed by atoms with Crippen LogP contribution in [0.15, 0.2) is 0 Å². The molecule has 11 heteroatoms. The van der Waals surface area contributed by atoms with Gasteiger partial charge in [-0.1, -0.05) is 20.8 Å². The summed E-state index contributed by atoms with van der Waals surface area (Å²) in [6.07, 6.45) is -3.43. The monoisotopic (exact) mass is 562 g/mol. The maximum absolute atomic E-state index is 12.1. The molecule has 1 N–H and O–H groups in total. The summed E-state index contributed by atoms with van der Waals surface area (Å²) in [6.45, 7) is 5.80. The smallest absolute Gasteiger partial charge is 0.726 e. The van der Waals surface area contributed by atoms with Gasteiger partial charge in [-0.25, -0.2) is 8.42 Å². The summed E-state index contributed by atoms with van der Waals surface area (Å²) >= 11 is 0. The Kier molecular flexibility index (Phi) is 9.52. The molecule has 0 radical (unpaired) electrons. The molecule has 4 fully saturated rings. The fourth-order valence-corrected chi connectivity index (χ4v) is 8.69. The molecular formula is C26H41NNa2O7S. The van der Waals surface area contributed by atoms with Gasteiger partial charge in [0.2, 0.25) is 16.3 Å². The van der Waals surface area contributed by atoms with Crippen molar-refractivity contribution in [1.82, 2.24) is 5.32 Å². The molecule has 0 aromatic carbocycles. The van der Waals surface area contributed by atoms with Gasteiger partial charge in [0.05, 0.1) is 20.0 Å². The molecule has 9 atom stereocenters. The molecule has 200 valence electrons. The van der Waals surface area contributed by atoms with E-state index >= 15 is 0 Å². The van der Waals surface area contributed by atoms with Crippen molar-refractivity contribution in [1.29, 1.82) is 0 Å². The van der Waals surface area contributed by atoms with Crippen molar-refractivity contribution in [3.63, 3.8) is 0 Å². The first-order chi connectivity index (χ1) is 18.2. The summed E-state index contributed by atoms with van der Waals surface area (Å²) < 4.78 is 82.2. The normalized spacial score (nSPS) is 46.3. The molecule has 0 aromatic rings.